The van der Waals surface area contributed by atoms with Crippen LogP contribution in [0.5, 0.6) is 0 Å². The van der Waals surface area contributed by atoms with Gasteiger partial charge in [-0.3, -0.25) is 0 Å². The van der Waals surface area contributed by atoms with Gasteiger partial charge >= 0.3 is 0 Å². The van der Waals surface area contributed by atoms with Crippen molar-refractivity contribution in [2.24, 2.45) is 0 Å². The van der Waals surface area contributed by atoms with Crippen molar-refractivity contribution in [3.63, 3.8) is 0 Å². The zero-order valence-electron chi connectivity index (χ0n) is 11.5. The highest BCUT2D eigenvalue weighted by Crippen LogP contribution is 2.37. The first kappa shape index (κ1) is 13.6. The molecule has 3 rings (SSSR count). The van der Waals surface area contributed by atoms with E-state index in [9.17, 15) is 4.39 Å². The Labute approximate surface area is 126 Å². The van der Waals surface area contributed by atoms with E-state index >= 15 is 0 Å². The third kappa shape index (κ3) is 2.44. The Hall–Kier alpha value is -1.42. The maximum Gasteiger partial charge on any atom is 0.123 e. The summed E-state index contributed by atoms with van der Waals surface area (Å²) in [5.74, 6) is -0.205. The van der Waals surface area contributed by atoms with Crippen molar-refractivity contribution in [2.75, 3.05) is 11.9 Å². The largest absolute Gasteiger partial charge is 0.383 e. The Bertz CT molecular complexity index is 650. The average Bonchev–Trinajstić information content (AvgIpc) is 2.69. The Morgan fingerprint density at radius 1 is 1.30 bits per heavy atom. The number of pyridine rings is 1. The lowest BCUT2D eigenvalue weighted by molar-refractivity contribution is 0.567. The molecule has 0 saturated heterocycles. The molecule has 0 spiro atoms. The van der Waals surface area contributed by atoms with Crippen LogP contribution in [0.25, 0.3) is 0 Å². The number of aromatic nitrogens is 1. The summed E-state index contributed by atoms with van der Waals surface area (Å²) < 4.78 is 13.8. The number of fused-ring (bicyclic) bond motifs is 1. The molecule has 1 aromatic carbocycles. The number of hydrogen-bond donors (Lipinski definition) is 1. The van der Waals surface area contributed by atoms with E-state index in [1.807, 2.05) is 12.1 Å². The molecule has 0 atom stereocenters. The summed E-state index contributed by atoms with van der Waals surface area (Å²) in [6, 6.07) is 8.75. The molecule has 4 heteroatoms. The molecule has 2 nitrogen and oxygen atoms in total. The second-order valence-electron chi connectivity index (χ2n) is 5.88. The van der Waals surface area contributed by atoms with E-state index in [0.29, 0.717) is 0 Å². The monoisotopic (exact) mass is 334 g/mol. The summed E-state index contributed by atoms with van der Waals surface area (Å²) in [6.45, 7) is 5.28. The van der Waals surface area contributed by atoms with Crippen LogP contribution in [0.3, 0.4) is 0 Å². The van der Waals surface area contributed by atoms with Gasteiger partial charge in [-0.1, -0.05) is 26.0 Å². The number of nitrogens with zero attached hydrogens (tertiary/aromatic N) is 1. The van der Waals surface area contributed by atoms with Gasteiger partial charge in [0.25, 0.3) is 0 Å². The lowest BCUT2D eigenvalue weighted by Crippen LogP contribution is -2.20. The van der Waals surface area contributed by atoms with Gasteiger partial charge in [0.2, 0.25) is 0 Å². The predicted molar refractivity (Wildman–Crippen MR) is 82.7 cm³/mol. The zero-order valence-corrected chi connectivity index (χ0v) is 13.1. The first-order valence-corrected chi connectivity index (χ1v) is 7.43. The fourth-order valence-electron chi connectivity index (χ4n) is 2.53. The number of hydrogen-bond acceptors (Lipinski definition) is 2. The first-order chi connectivity index (χ1) is 9.45. The van der Waals surface area contributed by atoms with Gasteiger partial charge in [-0.05, 0) is 45.3 Å². The fraction of sp³-hybridized carbons (Fsp3) is 0.312. The third-order valence-electron chi connectivity index (χ3n) is 3.72. The SMILES string of the molecule is CC1(C)CNc2cc(Cc3ccc(F)cc3)c(Br)nc21. The number of benzene rings is 1. The third-order valence-corrected chi connectivity index (χ3v) is 4.40. The molecule has 2 aromatic rings. The molecular weight excluding hydrogens is 319 g/mol. The van der Waals surface area contributed by atoms with Crippen LogP contribution in [0.4, 0.5) is 10.1 Å². The van der Waals surface area contributed by atoms with Gasteiger partial charge in [-0.15, -0.1) is 0 Å². The van der Waals surface area contributed by atoms with Crippen molar-refractivity contribution in [1.29, 1.82) is 0 Å². The molecule has 1 aliphatic heterocycles. The summed E-state index contributed by atoms with van der Waals surface area (Å²) in [6.07, 6.45) is 0.739. The lowest BCUT2D eigenvalue weighted by atomic mass is 9.91. The van der Waals surface area contributed by atoms with Gasteiger partial charge in [0.15, 0.2) is 0 Å². The number of halogens is 2. The zero-order chi connectivity index (χ0) is 14.3. The Morgan fingerprint density at radius 2 is 2.00 bits per heavy atom. The Kier molecular flexibility index (Phi) is 3.28. The fourth-order valence-corrected chi connectivity index (χ4v) is 2.96. The Morgan fingerprint density at radius 3 is 2.70 bits per heavy atom. The van der Waals surface area contributed by atoms with Gasteiger partial charge < -0.3 is 5.32 Å². The van der Waals surface area contributed by atoms with E-state index in [2.05, 4.69) is 41.2 Å². The van der Waals surface area contributed by atoms with E-state index in [1.165, 1.54) is 12.1 Å². The van der Waals surface area contributed by atoms with E-state index in [0.717, 1.165) is 40.1 Å². The topological polar surface area (TPSA) is 24.9 Å². The number of rotatable bonds is 2. The predicted octanol–water partition coefficient (Wildman–Crippen LogP) is 4.28. The van der Waals surface area contributed by atoms with Gasteiger partial charge in [-0.25, -0.2) is 9.37 Å². The molecule has 0 amide bonds. The van der Waals surface area contributed by atoms with Crippen molar-refractivity contribution >= 4 is 21.6 Å². The highest BCUT2D eigenvalue weighted by Gasteiger charge is 2.32. The minimum Gasteiger partial charge on any atom is -0.383 e. The molecule has 1 aliphatic rings. The molecule has 1 aromatic heterocycles. The molecule has 20 heavy (non-hydrogen) atoms. The summed E-state index contributed by atoms with van der Waals surface area (Å²) in [5.41, 5.74) is 4.46. The standard InChI is InChI=1S/C16H16BrFN2/c1-16(2)9-19-13-8-11(15(17)20-14(13)16)7-10-3-5-12(18)6-4-10/h3-6,8,19H,7,9H2,1-2H3. The summed E-state index contributed by atoms with van der Waals surface area (Å²) in [7, 11) is 0. The van der Waals surface area contributed by atoms with Gasteiger partial charge in [0.1, 0.15) is 10.4 Å². The molecule has 0 unspecified atom stereocenters. The molecule has 0 radical (unpaired) electrons. The Balaban J connectivity index is 1.94. The normalized spacial score (nSPS) is 15.8. The van der Waals surface area contributed by atoms with Crippen LogP contribution in [-0.4, -0.2) is 11.5 Å². The maximum absolute atomic E-state index is 12.9. The highest BCUT2D eigenvalue weighted by atomic mass is 79.9. The maximum atomic E-state index is 12.9. The highest BCUT2D eigenvalue weighted by molar-refractivity contribution is 9.10. The van der Waals surface area contributed by atoms with Gasteiger partial charge in [0.05, 0.1) is 11.4 Å². The molecule has 2 heterocycles. The van der Waals surface area contributed by atoms with Crippen molar-refractivity contribution in [3.05, 3.63) is 57.6 Å². The number of nitrogens with one attached hydrogen (secondary N) is 1. The minimum atomic E-state index is -0.205. The van der Waals surface area contributed by atoms with E-state index in [4.69, 9.17) is 4.98 Å². The van der Waals surface area contributed by atoms with Crippen molar-refractivity contribution in [3.8, 4) is 0 Å². The van der Waals surface area contributed by atoms with E-state index in [1.54, 1.807) is 0 Å². The van der Waals surface area contributed by atoms with Gasteiger partial charge in [-0.2, -0.15) is 0 Å². The second kappa shape index (κ2) is 4.85. The smallest absolute Gasteiger partial charge is 0.123 e. The second-order valence-corrected chi connectivity index (χ2v) is 6.63. The van der Waals surface area contributed by atoms with E-state index in [-0.39, 0.29) is 11.2 Å². The lowest BCUT2D eigenvalue weighted by Gasteiger charge is -2.16. The van der Waals surface area contributed by atoms with Crippen LogP contribution < -0.4 is 5.32 Å². The molecule has 0 aliphatic carbocycles. The van der Waals surface area contributed by atoms with Crippen molar-refractivity contribution in [2.45, 2.75) is 25.7 Å². The van der Waals surface area contributed by atoms with Crippen LogP contribution in [-0.2, 0) is 11.8 Å². The molecule has 0 bridgehead atoms. The van der Waals surface area contributed by atoms with E-state index < -0.39 is 0 Å². The molecular formula is C16H16BrFN2. The van der Waals surface area contributed by atoms with Crippen molar-refractivity contribution < 1.29 is 4.39 Å². The molecule has 104 valence electrons. The van der Waals surface area contributed by atoms with Gasteiger partial charge in [0, 0.05) is 18.4 Å². The quantitative estimate of drug-likeness (QED) is 0.829. The molecule has 1 N–H and O–H groups in total. The first-order valence-electron chi connectivity index (χ1n) is 6.64. The molecule has 0 fully saturated rings. The average molecular weight is 335 g/mol. The summed E-state index contributed by atoms with van der Waals surface area (Å²) in [5, 5.41) is 3.41. The summed E-state index contributed by atoms with van der Waals surface area (Å²) in [4.78, 5) is 4.70. The summed E-state index contributed by atoms with van der Waals surface area (Å²) >= 11 is 3.56. The number of anilines is 1. The van der Waals surface area contributed by atoms with Crippen LogP contribution in [0, 0.1) is 5.82 Å². The van der Waals surface area contributed by atoms with Crippen molar-refractivity contribution in [1.82, 2.24) is 4.98 Å². The van der Waals surface area contributed by atoms with Crippen LogP contribution in [0.2, 0.25) is 0 Å². The van der Waals surface area contributed by atoms with Crippen LogP contribution in [0.15, 0.2) is 34.9 Å². The van der Waals surface area contributed by atoms with Crippen LogP contribution in [0.1, 0.15) is 30.7 Å². The van der Waals surface area contributed by atoms with Crippen LogP contribution >= 0.6 is 15.9 Å². The molecule has 0 saturated carbocycles. The minimum absolute atomic E-state index is 0.0618.